The number of benzene rings is 4. The zero-order chi connectivity index (χ0) is 26.2. The van der Waals surface area contributed by atoms with Crippen LogP contribution in [0.5, 0.6) is 5.75 Å². The van der Waals surface area contributed by atoms with Gasteiger partial charge in [0.25, 0.3) is 5.91 Å². The minimum atomic E-state index is -0.462. The summed E-state index contributed by atoms with van der Waals surface area (Å²) < 4.78 is 6.18. The first-order chi connectivity index (χ1) is 18.0. The van der Waals surface area contributed by atoms with Gasteiger partial charge < -0.3 is 15.0 Å². The molecule has 0 aromatic heterocycles. The average molecular weight is 490 g/mol. The molecule has 1 amide bonds. The Morgan fingerprint density at radius 2 is 1.65 bits per heavy atom. The third-order valence-electron chi connectivity index (χ3n) is 6.35. The Morgan fingerprint density at radius 3 is 2.32 bits per heavy atom. The molecule has 0 aliphatic rings. The number of carbonyl (C=O) groups is 1. The number of nitrogens with zero attached hydrogens (tertiary/aromatic N) is 2. The molecule has 0 fully saturated rings. The number of nitrogens with one attached hydrogen (secondary N) is 1. The number of anilines is 2. The second kappa shape index (κ2) is 11.9. The number of carbonyl (C=O) groups excluding carboxylic acids is 1. The smallest absolute Gasteiger partial charge is 0.266 e. The molecule has 4 aromatic carbocycles. The van der Waals surface area contributed by atoms with Crippen molar-refractivity contribution in [3.63, 3.8) is 0 Å². The molecule has 5 nitrogen and oxygen atoms in total. The zero-order valence-electron chi connectivity index (χ0n) is 21.5. The molecule has 0 bridgehead atoms. The maximum atomic E-state index is 13.1. The first-order valence-corrected chi connectivity index (χ1v) is 12.5. The van der Waals surface area contributed by atoms with Gasteiger partial charge in [-0.2, -0.15) is 5.26 Å². The molecule has 0 saturated heterocycles. The van der Waals surface area contributed by atoms with E-state index in [9.17, 15) is 10.1 Å². The van der Waals surface area contributed by atoms with Crippen LogP contribution in [0.15, 0.2) is 90.5 Å². The molecule has 0 aliphatic heterocycles. The van der Waals surface area contributed by atoms with E-state index in [-0.39, 0.29) is 5.57 Å². The van der Waals surface area contributed by atoms with Gasteiger partial charge in [0.05, 0.1) is 0 Å². The van der Waals surface area contributed by atoms with E-state index in [1.54, 1.807) is 6.08 Å². The summed E-state index contributed by atoms with van der Waals surface area (Å²) >= 11 is 0. The topological polar surface area (TPSA) is 65.4 Å². The third kappa shape index (κ3) is 6.17. The van der Waals surface area contributed by atoms with Crippen molar-refractivity contribution in [3.8, 4) is 11.8 Å². The Kier molecular flexibility index (Phi) is 8.22. The molecule has 37 heavy (non-hydrogen) atoms. The van der Waals surface area contributed by atoms with E-state index in [4.69, 9.17) is 4.74 Å². The maximum Gasteiger partial charge on any atom is 0.266 e. The molecule has 186 valence electrons. The van der Waals surface area contributed by atoms with Crippen LogP contribution >= 0.6 is 0 Å². The monoisotopic (exact) mass is 489 g/mol. The summed E-state index contributed by atoms with van der Waals surface area (Å²) in [4.78, 5) is 15.3. The van der Waals surface area contributed by atoms with Crippen molar-refractivity contribution in [1.82, 2.24) is 0 Å². The van der Waals surface area contributed by atoms with E-state index in [1.165, 1.54) is 5.56 Å². The van der Waals surface area contributed by atoms with Gasteiger partial charge >= 0.3 is 0 Å². The molecule has 0 radical (unpaired) electrons. The highest BCUT2D eigenvalue weighted by atomic mass is 16.5. The number of hydrogen-bond acceptors (Lipinski definition) is 4. The Balaban J connectivity index is 1.62. The van der Waals surface area contributed by atoms with Crippen LogP contribution in [0.2, 0.25) is 0 Å². The van der Waals surface area contributed by atoms with Gasteiger partial charge in [-0.15, -0.1) is 0 Å². The van der Waals surface area contributed by atoms with Crippen LogP contribution < -0.4 is 15.0 Å². The minimum Gasteiger partial charge on any atom is -0.488 e. The van der Waals surface area contributed by atoms with Crippen molar-refractivity contribution in [2.24, 2.45) is 0 Å². The maximum absolute atomic E-state index is 13.1. The molecule has 4 rings (SSSR count). The lowest BCUT2D eigenvalue weighted by atomic mass is 10.0. The van der Waals surface area contributed by atoms with Crippen LogP contribution in [0.3, 0.4) is 0 Å². The van der Waals surface area contributed by atoms with Crippen LogP contribution in [-0.4, -0.2) is 19.0 Å². The van der Waals surface area contributed by atoms with Gasteiger partial charge in [0.15, 0.2) is 0 Å². The van der Waals surface area contributed by atoms with Gasteiger partial charge in [0, 0.05) is 30.0 Å². The molecule has 0 unspecified atom stereocenters. The van der Waals surface area contributed by atoms with Crippen molar-refractivity contribution in [1.29, 1.82) is 5.26 Å². The molecule has 4 aromatic rings. The van der Waals surface area contributed by atoms with Gasteiger partial charge in [-0.05, 0) is 73.5 Å². The Morgan fingerprint density at radius 1 is 0.946 bits per heavy atom. The van der Waals surface area contributed by atoms with Crippen molar-refractivity contribution in [2.75, 3.05) is 23.3 Å². The highest BCUT2D eigenvalue weighted by Gasteiger charge is 2.14. The van der Waals surface area contributed by atoms with Crippen molar-refractivity contribution in [3.05, 3.63) is 107 Å². The molecular formula is C32H31N3O2. The number of amides is 1. The fourth-order valence-electron chi connectivity index (χ4n) is 4.23. The molecule has 0 spiro atoms. The fourth-order valence-corrected chi connectivity index (χ4v) is 4.23. The highest BCUT2D eigenvalue weighted by molar-refractivity contribution is 6.11. The van der Waals surface area contributed by atoms with E-state index < -0.39 is 5.91 Å². The molecule has 0 saturated carbocycles. The molecule has 0 heterocycles. The number of aryl methyl sites for hydroxylation is 1. The van der Waals surface area contributed by atoms with Crippen LogP contribution in [0.25, 0.3) is 16.8 Å². The van der Waals surface area contributed by atoms with Crippen molar-refractivity contribution < 1.29 is 9.53 Å². The van der Waals surface area contributed by atoms with E-state index in [0.29, 0.717) is 23.6 Å². The van der Waals surface area contributed by atoms with Gasteiger partial charge in [-0.3, -0.25) is 4.79 Å². The second-order valence-corrected chi connectivity index (χ2v) is 8.82. The Labute approximate surface area is 218 Å². The number of fused-ring (bicyclic) bond motifs is 1. The largest absolute Gasteiger partial charge is 0.488 e. The zero-order valence-corrected chi connectivity index (χ0v) is 21.5. The summed E-state index contributed by atoms with van der Waals surface area (Å²) in [5.41, 5.74) is 4.66. The predicted molar refractivity (Wildman–Crippen MR) is 152 cm³/mol. The van der Waals surface area contributed by atoms with Crippen molar-refractivity contribution >= 4 is 34.1 Å². The summed E-state index contributed by atoms with van der Waals surface area (Å²) in [5.74, 6) is 0.152. The van der Waals surface area contributed by atoms with E-state index in [0.717, 1.165) is 35.1 Å². The van der Waals surface area contributed by atoms with Gasteiger partial charge in [-0.1, -0.05) is 60.2 Å². The van der Waals surface area contributed by atoms with Gasteiger partial charge in [0.2, 0.25) is 0 Å². The summed E-state index contributed by atoms with van der Waals surface area (Å²) in [6.45, 7) is 8.45. The first-order valence-electron chi connectivity index (χ1n) is 12.5. The molecular weight excluding hydrogens is 458 g/mol. The standard InChI is InChI=1S/C32H31N3O2/c1-4-35(5-2)28-17-15-27(16-18-28)34-32(36)26(21-33)20-30-29-9-7-6-8-25(29)14-19-31(30)37-22-24-12-10-23(3)11-13-24/h6-20H,4-5,22H2,1-3H3,(H,34,36)/b26-20-. The van der Waals surface area contributed by atoms with E-state index >= 15 is 0 Å². The summed E-state index contributed by atoms with van der Waals surface area (Å²) in [5, 5.41) is 14.7. The Hall–Kier alpha value is -4.56. The van der Waals surface area contributed by atoms with Crippen molar-refractivity contribution in [2.45, 2.75) is 27.4 Å². The summed E-state index contributed by atoms with van der Waals surface area (Å²) in [6, 6.07) is 29.6. The van der Waals surface area contributed by atoms with E-state index in [2.05, 4.69) is 30.1 Å². The molecule has 0 aliphatic carbocycles. The fraction of sp³-hybridized carbons (Fsp3) is 0.188. The highest BCUT2D eigenvalue weighted by Crippen LogP contribution is 2.31. The number of hydrogen-bond donors (Lipinski definition) is 1. The predicted octanol–water partition coefficient (Wildman–Crippen LogP) is 7.12. The summed E-state index contributed by atoms with van der Waals surface area (Å²) in [6.07, 6.45) is 1.62. The van der Waals surface area contributed by atoms with Crippen LogP contribution in [0, 0.1) is 18.3 Å². The Bertz CT molecular complexity index is 1440. The van der Waals surface area contributed by atoms with Gasteiger partial charge in [0.1, 0.15) is 24.0 Å². The van der Waals surface area contributed by atoms with Crippen LogP contribution in [0.1, 0.15) is 30.5 Å². The molecule has 1 N–H and O–H groups in total. The van der Waals surface area contributed by atoms with Crippen LogP contribution in [0.4, 0.5) is 11.4 Å². The minimum absolute atomic E-state index is 0.00404. The van der Waals surface area contributed by atoms with Gasteiger partial charge in [-0.25, -0.2) is 0 Å². The van der Waals surface area contributed by atoms with Crippen LogP contribution in [-0.2, 0) is 11.4 Å². The normalized spacial score (nSPS) is 11.1. The first kappa shape index (κ1) is 25.5. The SMILES string of the molecule is CCN(CC)c1ccc(NC(=O)/C(C#N)=C\c2c(OCc3ccc(C)cc3)ccc3ccccc23)cc1. The lowest BCUT2D eigenvalue weighted by molar-refractivity contribution is -0.112. The number of rotatable bonds is 9. The third-order valence-corrected chi connectivity index (χ3v) is 6.35. The second-order valence-electron chi connectivity index (χ2n) is 8.82. The molecule has 0 atom stereocenters. The summed E-state index contributed by atoms with van der Waals surface area (Å²) in [7, 11) is 0. The number of ether oxygens (including phenoxy) is 1. The number of nitriles is 1. The lowest BCUT2D eigenvalue weighted by Gasteiger charge is -2.21. The average Bonchev–Trinajstić information content (AvgIpc) is 2.93. The van der Waals surface area contributed by atoms with E-state index in [1.807, 2.05) is 91.9 Å². The quantitative estimate of drug-likeness (QED) is 0.201. The lowest BCUT2D eigenvalue weighted by Crippen LogP contribution is -2.21. The molecule has 5 heteroatoms.